The molecule has 1 heterocycles. The summed E-state index contributed by atoms with van der Waals surface area (Å²) in [5, 5.41) is 10.1. The molecule has 7 heteroatoms. The standard InChI is InChI=1S/C17H13ClN4O2/c18-13-4-2-1-3-12(13)14-9-15(22-21-14)17(24)20-11-7-5-10(6-8-11)16(19)23/h1-9H,(H2,19,23)(H,20,24)(H,21,22). The first-order chi connectivity index (χ1) is 11.5. The van der Waals surface area contributed by atoms with Crippen molar-refractivity contribution in [2.24, 2.45) is 5.73 Å². The highest BCUT2D eigenvalue weighted by atomic mass is 35.5. The van der Waals surface area contributed by atoms with E-state index in [9.17, 15) is 9.59 Å². The fraction of sp³-hybridized carbons (Fsp3) is 0. The van der Waals surface area contributed by atoms with Crippen LogP contribution in [0, 0.1) is 0 Å². The van der Waals surface area contributed by atoms with Gasteiger partial charge in [0.1, 0.15) is 5.69 Å². The van der Waals surface area contributed by atoms with Crippen molar-refractivity contribution in [2.45, 2.75) is 0 Å². The number of nitrogens with one attached hydrogen (secondary N) is 2. The molecule has 0 saturated carbocycles. The first kappa shape index (κ1) is 15.8. The summed E-state index contributed by atoms with van der Waals surface area (Å²) in [6, 6.07) is 15.1. The van der Waals surface area contributed by atoms with Gasteiger partial charge in [-0.25, -0.2) is 0 Å². The van der Waals surface area contributed by atoms with Gasteiger partial charge < -0.3 is 11.1 Å². The van der Waals surface area contributed by atoms with Gasteiger partial charge in [0, 0.05) is 16.8 Å². The van der Waals surface area contributed by atoms with Crippen molar-refractivity contribution in [3.8, 4) is 11.3 Å². The number of H-pyrrole nitrogens is 1. The van der Waals surface area contributed by atoms with Crippen LogP contribution < -0.4 is 11.1 Å². The molecular weight excluding hydrogens is 328 g/mol. The second-order valence-electron chi connectivity index (χ2n) is 5.04. The van der Waals surface area contributed by atoms with Gasteiger partial charge in [-0.05, 0) is 36.4 Å². The molecule has 0 aliphatic rings. The van der Waals surface area contributed by atoms with Crippen LogP contribution in [0.3, 0.4) is 0 Å². The molecule has 0 saturated heterocycles. The lowest BCUT2D eigenvalue weighted by atomic mass is 10.1. The average molecular weight is 341 g/mol. The maximum atomic E-state index is 12.3. The third-order valence-corrected chi connectivity index (χ3v) is 3.73. The lowest BCUT2D eigenvalue weighted by Crippen LogP contribution is -2.13. The monoisotopic (exact) mass is 340 g/mol. The Morgan fingerprint density at radius 3 is 2.46 bits per heavy atom. The summed E-state index contributed by atoms with van der Waals surface area (Å²) >= 11 is 6.13. The summed E-state index contributed by atoms with van der Waals surface area (Å²) < 4.78 is 0. The molecule has 0 atom stereocenters. The van der Waals surface area contributed by atoms with E-state index in [1.165, 1.54) is 0 Å². The van der Waals surface area contributed by atoms with Gasteiger partial charge in [0.25, 0.3) is 5.91 Å². The van der Waals surface area contributed by atoms with Gasteiger partial charge in [-0.2, -0.15) is 5.10 Å². The summed E-state index contributed by atoms with van der Waals surface area (Å²) in [7, 11) is 0. The zero-order valence-electron chi connectivity index (χ0n) is 12.4. The normalized spacial score (nSPS) is 10.4. The molecule has 4 N–H and O–H groups in total. The number of nitrogens with two attached hydrogens (primary N) is 1. The minimum absolute atomic E-state index is 0.295. The predicted molar refractivity (Wildman–Crippen MR) is 91.9 cm³/mol. The van der Waals surface area contributed by atoms with Crippen molar-refractivity contribution < 1.29 is 9.59 Å². The Labute approximate surface area is 142 Å². The van der Waals surface area contributed by atoms with Crippen molar-refractivity contribution in [1.29, 1.82) is 0 Å². The lowest BCUT2D eigenvalue weighted by Gasteiger charge is -2.03. The van der Waals surface area contributed by atoms with Crippen molar-refractivity contribution >= 4 is 29.1 Å². The number of anilines is 1. The topological polar surface area (TPSA) is 101 Å². The molecule has 0 spiro atoms. The number of aromatic amines is 1. The van der Waals surface area contributed by atoms with Gasteiger partial charge in [-0.15, -0.1) is 0 Å². The van der Waals surface area contributed by atoms with Crippen LogP contribution in [-0.2, 0) is 0 Å². The highest BCUT2D eigenvalue weighted by Crippen LogP contribution is 2.26. The molecule has 3 aromatic rings. The molecule has 120 valence electrons. The zero-order chi connectivity index (χ0) is 17.1. The fourth-order valence-corrected chi connectivity index (χ4v) is 2.39. The number of benzene rings is 2. The molecule has 3 rings (SSSR count). The fourth-order valence-electron chi connectivity index (χ4n) is 2.16. The van der Waals surface area contributed by atoms with E-state index in [2.05, 4.69) is 15.5 Å². The van der Waals surface area contributed by atoms with Crippen LogP contribution in [0.1, 0.15) is 20.8 Å². The summed E-state index contributed by atoms with van der Waals surface area (Å²) in [5.74, 6) is -0.876. The number of amides is 2. The molecule has 0 bridgehead atoms. The number of nitrogens with zero attached hydrogens (tertiary/aromatic N) is 1. The quantitative estimate of drug-likeness (QED) is 0.680. The molecule has 0 aliphatic carbocycles. The molecule has 0 unspecified atom stereocenters. The number of rotatable bonds is 4. The van der Waals surface area contributed by atoms with Crippen LogP contribution in [0.4, 0.5) is 5.69 Å². The maximum absolute atomic E-state index is 12.3. The number of aromatic nitrogens is 2. The second kappa shape index (κ2) is 6.55. The molecule has 2 amide bonds. The van der Waals surface area contributed by atoms with E-state index in [-0.39, 0.29) is 5.91 Å². The SMILES string of the molecule is NC(=O)c1ccc(NC(=O)c2cc(-c3ccccc3Cl)n[nH]2)cc1. The Hall–Kier alpha value is -3.12. The molecule has 2 aromatic carbocycles. The van der Waals surface area contributed by atoms with E-state index in [1.807, 2.05) is 18.2 Å². The van der Waals surface area contributed by atoms with E-state index in [0.29, 0.717) is 27.7 Å². The first-order valence-corrected chi connectivity index (χ1v) is 7.44. The van der Waals surface area contributed by atoms with Crippen molar-refractivity contribution in [1.82, 2.24) is 10.2 Å². The average Bonchev–Trinajstić information content (AvgIpc) is 3.05. The Balaban J connectivity index is 1.76. The Morgan fingerprint density at radius 2 is 1.79 bits per heavy atom. The van der Waals surface area contributed by atoms with Crippen molar-refractivity contribution in [3.63, 3.8) is 0 Å². The van der Waals surface area contributed by atoms with Crippen LogP contribution in [0.15, 0.2) is 54.6 Å². The minimum atomic E-state index is -0.522. The smallest absolute Gasteiger partial charge is 0.273 e. The predicted octanol–water partition coefficient (Wildman–Crippen LogP) is 3.08. The van der Waals surface area contributed by atoms with Crippen molar-refractivity contribution in [2.75, 3.05) is 5.32 Å². The molecule has 0 aliphatic heterocycles. The molecule has 6 nitrogen and oxygen atoms in total. The van der Waals surface area contributed by atoms with Gasteiger partial charge >= 0.3 is 0 Å². The number of carbonyl (C=O) groups excluding carboxylic acids is 2. The van der Waals surface area contributed by atoms with E-state index in [4.69, 9.17) is 17.3 Å². The van der Waals surface area contributed by atoms with Crippen LogP contribution in [0.5, 0.6) is 0 Å². The summed E-state index contributed by atoms with van der Waals surface area (Å²) in [6.45, 7) is 0. The van der Waals surface area contributed by atoms with Crippen LogP contribution in [-0.4, -0.2) is 22.0 Å². The molecular formula is C17H13ClN4O2. The highest BCUT2D eigenvalue weighted by Gasteiger charge is 2.13. The van der Waals surface area contributed by atoms with Gasteiger partial charge in [0.2, 0.25) is 5.91 Å². The minimum Gasteiger partial charge on any atom is -0.366 e. The van der Waals surface area contributed by atoms with E-state index in [1.54, 1.807) is 36.4 Å². The molecule has 0 fully saturated rings. The van der Waals surface area contributed by atoms with Gasteiger partial charge in [-0.1, -0.05) is 29.8 Å². The van der Waals surface area contributed by atoms with E-state index < -0.39 is 5.91 Å². The number of halogens is 1. The van der Waals surface area contributed by atoms with Crippen LogP contribution in [0.2, 0.25) is 5.02 Å². The van der Waals surface area contributed by atoms with E-state index in [0.717, 1.165) is 5.56 Å². The zero-order valence-corrected chi connectivity index (χ0v) is 13.2. The Bertz CT molecular complexity index is 903. The molecule has 24 heavy (non-hydrogen) atoms. The number of hydrogen-bond donors (Lipinski definition) is 3. The van der Waals surface area contributed by atoms with Gasteiger partial charge in [0.15, 0.2) is 0 Å². The number of primary amides is 1. The number of carbonyl (C=O) groups is 2. The molecule has 1 aromatic heterocycles. The van der Waals surface area contributed by atoms with Crippen LogP contribution in [0.25, 0.3) is 11.3 Å². The third-order valence-electron chi connectivity index (χ3n) is 3.40. The largest absolute Gasteiger partial charge is 0.366 e. The third kappa shape index (κ3) is 3.28. The van der Waals surface area contributed by atoms with Gasteiger partial charge in [-0.3, -0.25) is 14.7 Å². The summed E-state index contributed by atoms with van der Waals surface area (Å²) in [4.78, 5) is 23.3. The summed E-state index contributed by atoms with van der Waals surface area (Å²) in [5.41, 5.74) is 7.70. The van der Waals surface area contributed by atoms with Gasteiger partial charge in [0.05, 0.1) is 10.7 Å². The summed E-state index contributed by atoms with van der Waals surface area (Å²) in [6.07, 6.45) is 0. The molecule has 0 radical (unpaired) electrons. The van der Waals surface area contributed by atoms with E-state index >= 15 is 0 Å². The first-order valence-electron chi connectivity index (χ1n) is 7.06. The van der Waals surface area contributed by atoms with Crippen molar-refractivity contribution in [3.05, 3.63) is 70.9 Å². The maximum Gasteiger partial charge on any atom is 0.273 e. The Kier molecular flexibility index (Phi) is 4.31. The number of hydrogen-bond acceptors (Lipinski definition) is 3. The van der Waals surface area contributed by atoms with Crippen LogP contribution >= 0.6 is 11.6 Å². The Morgan fingerprint density at radius 1 is 1.08 bits per heavy atom. The highest BCUT2D eigenvalue weighted by molar-refractivity contribution is 6.33. The second-order valence-corrected chi connectivity index (χ2v) is 5.45. The lowest BCUT2D eigenvalue weighted by molar-refractivity contribution is 0.0998.